The molecule has 1 amide bonds. The molecule has 0 saturated carbocycles. The molecule has 0 aliphatic heterocycles. The number of carbonyl (C=O) groups excluding carboxylic acids is 2. The lowest BCUT2D eigenvalue weighted by Crippen LogP contribution is -2.47. The summed E-state index contributed by atoms with van der Waals surface area (Å²) in [5.41, 5.74) is 0. The van der Waals surface area contributed by atoms with E-state index in [9.17, 15) is 19.0 Å². The van der Waals surface area contributed by atoms with Gasteiger partial charge in [0, 0.05) is 12.8 Å². The number of nitrogens with zero attached hydrogens (tertiary/aromatic N) is 1. The minimum Gasteiger partial charge on any atom is -0.756 e. The molecule has 0 aliphatic rings. The molecule has 0 heterocycles. The second kappa shape index (κ2) is 56.0. The van der Waals surface area contributed by atoms with Crippen LogP contribution in [0.2, 0.25) is 0 Å². The fraction of sp³-hybridized carbons (Fsp3) is 0.938. The van der Waals surface area contributed by atoms with Gasteiger partial charge in [0.15, 0.2) is 0 Å². The van der Waals surface area contributed by atoms with E-state index in [2.05, 4.69) is 26.1 Å². The van der Waals surface area contributed by atoms with Gasteiger partial charge in [0.1, 0.15) is 19.3 Å². The summed E-state index contributed by atoms with van der Waals surface area (Å²) in [5, 5.41) is 3.04. The molecule has 1 N–H and O–H groups in total. The Morgan fingerprint density at radius 3 is 1.09 bits per heavy atom. The van der Waals surface area contributed by atoms with Gasteiger partial charge in [-0.05, 0) is 31.8 Å². The third-order valence-electron chi connectivity index (χ3n) is 15.2. The fourth-order valence-electron chi connectivity index (χ4n) is 10.1. The molecule has 0 spiro atoms. The number of likely N-dealkylation sites (N-methyl/N-ethyl adjacent to an activating group) is 1. The van der Waals surface area contributed by atoms with Crippen molar-refractivity contribution in [2.75, 3.05) is 40.9 Å². The monoisotopic (exact) mass is 1080 g/mol. The molecular formula is C65H129N2O7P. The van der Waals surface area contributed by atoms with Crippen LogP contribution >= 0.6 is 7.82 Å². The fourth-order valence-corrected chi connectivity index (χ4v) is 10.8. The van der Waals surface area contributed by atoms with Crippen molar-refractivity contribution in [1.29, 1.82) is 0 Å². The Kier molecular flexibility index (Phi) is 55.1. The Morgan fingerprint density at radius 2 is 0.760 bits per heavy atom. The maximum Gasteiger partial charge on any atom is 0.306 e. The van der Waals surface area contributed by atoms with Crippen LogP contribution < -0.4 is 10.2 Å². The van der Waals surface area contributed by atoms with Gasteiger partial charge < -0.3 is 28.5 Å². The third-order valence-corrected chi connectivity index (χ3v) is 16.2. The zero-order valence-electron chi connectivity index (χ0n) is 51.0. The quantitative estimate of drug-likeness (QED) is 0.0212. The van der Waals surface area contributed by atoms with Gasteiger partial charge in [0.05, 0.1) is 33.8 Å². The van der Waals surface area contributed by atoms with Crippen LogP contribution in [0.15, 0.2) is 12.2 Å². The molecular weight excluding hydrogens is 952 g/mol. The second-order valence-electron chi connectivity index (χ2n) is 24.0. The second-order valence-corrected chi connectivity index (χ2v) is 25.4. The minimum absolute atomic E-state index is 0.0165. The van der Waals surface area contributed by atoms with Crippen molar-refractivity contribution in [1.82, 2.24) is 5.32 Å². The zero-order chi connectivity index (χ0) is 55.0. The van der Waals surface area contributed by atoms with Gasteiger partial charge in [0.25, 0.3) is 7.82 Å². The molecule has 3 unspecified atom stereocenters. The highest BCUT2D eigenvalue weighted by Crippen LogP contribution is 2.38. The smallest absolute Gasteiger partial charge is 0.306 e. The van der Waals surface area contributed by atoms with Crippen LogP contribution in [0.25, 0.3) is 0 Å². The number of rotatable bonds is 61. The lowest BCUT2D eigenvalue weighted by Gasteiger charge is -2.30. The number of unbranched alkanes of at least 4 members (excludes halogenated alkanes) is 45. The molecule has 0 radical (unpaired) electrons. The summed E-state index contributed by atoms with van der Waals surface area (Å²) in [7, 11) is 1.21. The summed E-state index contributed by atoms with van der Waals surface area (Å²) in [6, 6.07) is -0.879. The Bertz CT molecular complexity index is 1290. The van der Waals surface area contributed by atoms with Gasteiger partial charge in [-0.2, -0.15) is 0 Å². The van der Waals surface area contributed by atoms with Gasteiger partial charge in [-0.1, -0.05) is 309 Å². The Hall–Kier alpha value is -1.25. The predicted octanol–water partition coefficient (Wildman–Crippen LogP) is 19.7. The Morgan fingerprint density at radius 1 is 0.453 bits per heavy atom. The number of hydrogen-bond acceptors (Lipinski definition) is 7. The molecule has 446 valence electrons. The number of quaternary nitrogens is 1. The Balaban J connectivity index is 5.18. The molecule has 0 aliphatic carbocycles. The number of phosphoric acid groups is 1. The van der Waals surface area contributed by atoms with Crippen molar-refractivity contribution in [2.45, 2.75) is 354 Å². The van der Waals surface area contributed by atoms with Crippen molar-refractivity contribution in [3.05, 3.63) is 12.2 Å². The van der Waals surface area contributed by atoms with Crippen LogP contribution in [0, 0.1) is 0 Å². The van der Waals surface area contributed by atoms with Crippen molar-refractivity contribution in [3.63, 3.8) is 0 Å². The third kappa shape index (κ3) is 57.3. The average molecular weight is 1080 g/mol. The van der Waals surface area contributed by atoms with Crippen molar-refractivity contribution in [2.24, 2.45) is 0 Å². The van der Waals surface area contributed by atoms with E-state index in [0.717, 1.165) is 57.8 Å². The first kappa shape index (κ1) is 73.8. The molecule has 10 heteroatoms. The number of carbonyl (C=O) groups is 2. The lowest BCUT2D eigenvalue weighted by atomic mass is 10.0. The van der Waals surface area contributed by atoms with Gasteiger partial charge in [-0.3, -0.25) is 14.2 Å². The molecule has 0 aromatic heterocycles. The van der Waals surface area contributed by atoms with Crippen LogP contribution in [-0.2, 0) is 27.9 Å². The highest BCUT2D eigenvalue weighted by Gasteiger charge is 2.27. The summed E-state index contributed by atoms with van der Waals surface area (Å²) >= 11 is 0. The number of esters is 1. The van der Waals surface area contributed by atoms with E-state index in [-0.39, 0.29) is 31.5 Å². The van der Waals surface area contributed by atoms with Gasteiger partial charge >= 0.3 is 5.97 Å². The molecule has 3 atom stereocenters. The summed E-state index contributed by atoms with van der Waals surface area (Å²) in [6.07, 6.45) is 64.6. The summed E-state index contributed by atoms with van der Waals surface area (Å²) < 4.78 is 30.4. The molecule has 0 aromatic carbocycles. The van der Waals surface area contributed by atoms with E-state index in [1.807, 2.05) is 33.3 Å². The topological polar surface area (TPSA) is 114 Å². The number of ether oxygens (including phenoxy) is 1. The van der Waals surface area contributed by atoms with Crippen molar-refractivity contribution < 1.29 is 37.3 Å². The summed E-state index contributed by atoms with van der Waals surface area (Å²) in [4.78, 5) is 40.1. The lowest BCUT2D eigenvalue weighted by molar-refractivity contribution is -0.870. The molecule has 0 saturated heterocycles. The summed E-state index contributed by atoms with van der Waals surface area (Å²) in [6.45, 7) is 6.91. The van der Waals surface area contributed by atoms with Gasteiger partial charge in [0.2, 0.25) is 5.91 Å². The zero-order valence-corrected chi connectivity index (χ0v) is 51.9. The molecule has 9 nitrogen and oxygen atoms in total. The van der Waals surface area contributed by atoms with E-state index in [1.54, 1.807) is 0 Å². The molecule has 75 heavy (non-hydrogen) atoms. The number of phosphoric ester groups is 1. The van der Waals surface area contributed by atoms with Crippen LogP contribution in [0.4, 0.5) is 0 Å². The van der Waals surface area contributed by atoms with E-state index in [4.69, 9.17) is 13.8 Å². The highest BCUT2D eigenvalue weighted by atomic mass is 31.2. The van der Waals surface area contributed by atoms with Crippen LogP contribution in [0.1, 0.15) is 342 Å². The largest absolute Gasteiger partial charge is 0.756 e. The van der Waals surface area contributed by atoms with Crippen LogP contribution in [0.5, 0.6) is 0 Å². The van der Waals surface area contributed by atoms with E-state index < -0.39 is 20.0 Å². The predicted molar refractivity (Wildman–Crippen MR) is 321 cm³/mol. The first-order valence-electron chi connectivity index (χ1n) is 33.0. The van der Waals surface area contributed by atoms with Crippen molar-refractivity contribution in [3.8, 4) is 0 Å². The average Bonchev–Trinajstić information content (AvgIpc) is 3.37. The maximum absolute atomic E-state index is 13.5. The van der Waals surface area contributed by atoms with Crippen molar-refractivity contribution >= 4 is 19.7 Å². The normalized spacial score (nSPS) is 13.6. The maximum atomic E-state index is 13.5. The minimum atomic E-state index is -4.69. The van der Waals surface area contributed by atoms with Crippen LogP contribution in [0.3, 0.4) is 0 Å². The van der Waals surface area contributed by atoms with E-state index in [0.29, 0.717) is 17.4 Å². The van der Waals surface area contributed by atoms with E-state index in [1.165, 1.54) is 250 Å². The molecule has 0 aromatic rings. The number of nitrogens with one attached hydrogen (secondary N) is 1. The molecule has 0 bridgehead atoms. The Labute approximate surface area is 467 Å². The number of allylic oxidation sites excluding steroid dienone is 1. The molecule has 0 rings (SSSR count). The van der Waals surface area contributed by atoms with Gasteiger partial charge in [-0.25, -0.2) is 0 Å². The van der Waals surface area contributed by atoms with Gasteiger partial charge in [-0.15, -0.1) is 0 Å². The van der Waals surface area contributed by atoms with E-state index >= 15 is 0 Å². The molecule has 0 fully saturated rings. The highest BCUT2D eigenvalue weighted by molar-refractivity contribution is 7.45. The first-order valence-corrected chi connectivity index (χ1v) is 34.5. The van der Waals surface area contributed by atoms with Crippen LogP contribution in [-0.4, -0.2) is 69.4 Å². The first-order chi connectivity index (χ1) is 36.4. The standard InChI is InChI=1S/C65H129N2O7P/c1-7-10-13-16-19-22-25-28-30-32-33-35-37-40-43-46-49-52-55-58-65(69)74-63(56-53-50-47-44-41-38-27-24-21-18-15-12-9-3)62(61-73-75(70,71)72-60-59-67(4,5)6)66-64(68)57-54-51-48-45-42-39-36-34-31-29-26-23-20-17-14-11-8-2/h53,56,62-63H,7-52,54-55,57-61H2,1-6H3,(H-,66,68,70,71)/b56-53+. The SMILES string of the molecule is CCCCCCCCCCCCC/C=C/C(OC(=O)CCCCCCCCCCCCCCCCCCCCC)C(COP(=O)([O-])OCC[N+](C)(C)C)NC(=O)CCCCCCCCCCCCCCCCCCC. The number of hydrogen-bond donors (Lipinski definition) is 1. The summed E-state index contributed by atoms with van der Waals surface area (Å²) in [5.74, 6) is -0.516. The number of amides is 1.